The van der Waals surface area contributed by atoms with Crippen molar-refractivity contribution in [3.8, 4) is 5.75 Å². The molecule has 1 saturated carbocycles. The lowest BCUT2D eigenvalue weighted by Crippen LogP contribution is -2.29. The van der Waals surface area contributed by atoms with E-state index in [9.17, 15) is 0 Å². The zero-order valence-corrected chi connectivity index (χ0v) is 12.5. The maximum Gasteiger partial charge on any atom is 0.192 e. The topological polar surface area (TPSA) is 9.23 Å². The van der Waals surface area contributed by atoms with Crippen LogP contribution >= 0.6 is 23.0 Å². The molecule has 2 heteroatoms. The Balaban J connectivity index is 2.18. The Morgan fingerprint density at radius 3 is 2.53 bits per heavy atom. The Kier molecular flexibility index (Phi) is 3.09. The summed E-state index contributed by atoms with van der Waals surface area (Å²) in [5.41, 5.74) is 5.14. The van der Waals surface area contributed by atoms with Crippen molar-refractivity contribution < 1.29 is 3.07 Å². The van der Waals surface area contributed by atoms with Gasteiger partial charge in [-0.25, -0.2) is 0 Å². The molecule has 0 heterocycles. The summed E-state index contributed by atoms with van der Waals surface area (Å²) in [4.78, 5) is 0. The average Bonchev–Trinajstić information content (AvgIpc) is 2.79. The fourth-order valence-electron chi connectivity index (χ4n) is 4.08. The maximum atomic E-state index is 5.54. The van der Waals surface area contributed by atoms with E-state index in [0.29, 0.717) is 5.41 Å². The van der Waals surface area contributed by atoms with Gasteiger partial charge < -0.3 is 3.07 Å². The Labute approximate surface area is 118 Å². The van der Waals surface area contributed by atoms with Crippen LogP contribution in [0.2, 0.25) is 0 Å². The van der Waals surface area contributed by atoms with E-state index in [0.717, 1.165) is 5.75 Å². The number of halogens is 1. The normalized spacial score (nSPS) is 21.5. The highest BCUT2D eigenvalue weighted by Gasteiger charge is 2.40. The summed E-state index contributed by atoms with van der Waals surface area (Å²) in [5.74, 6) is 1.11. The van der Waals surface area contributed by atoms with Gasteiger partial charge in [0, 0.05) is 0 Å². The van der Waals surface area contributed by atoms with Gasteiger partial charge in [0.15, 0.2) is 23.0 Å². The third kappa shape index (κ3) is 1.79. The summed E-state index contributed by atoms with van der Waals surface area (Å²) in [7, 11) is 0. The lowest BCUT2D eigenvalue weighted by atomic mass is 9.67. The van der Waals surface area contributed by atoms with Crippen molar-refractivity contribution in [3.63, 3.8) is 0 Å². The SMILES string of the molecule is Cc1ccc(OI)c2c1C1(CCCC1)CCC2. The van der Waals surface area contributed by atoms with Crippen LogP contribution < -0.4 is 3.07 Å². The van der Waals surface area contributed by atoms with Gasteiger partial charge in [-0.2, -0.15) is 0 Å². The predicted octanol–water partition coefficient (Wildman–Crippen LogP) is 4.87. The monoisotopic (exact) mass is 342 g/mol. The molecule has 17 heavy (non-hydrogen) atoms. The Morgan fingerprint density at radius 2 is 1.82 bits per heavy atom. The molecule has 1 nitrogen and oxygen atoms in total. The first-order valence-electron chi connectivity index (χ1n) is 6.68. The quantitative estimate of drug-likeness (QED) is 0.662. The van der Waals surface area contributed by atoms with E-state index in [1.807, 2.05) is 23.0 Å². The highest BCUT2D eigenvalue weighted by Crippen LogP contribution is 2.51. The van der Waals surface area contributed by atoms with Crippen LogP contribution in [0.15, 0.2) is 12.1 Å². The summed E-state index contributed by atoms with van der Waals surface area (Å²) in [6, 6.07) is 4.40. The number of fused-ring (bicyclic) bond motifs is 2. The maximum absolute atomic E-state index is 5.54. The molecule has 0 N–H and O–H groups in total. The van der Waals surface area contributed by atoms with Crippen molar-refractivity contribution in [1.29, 1.82) is 0 Å². The highest BCUT2D eigenvalue weighted by atomic mass is 127. The van der Waals surface area contributed by atoms with E-state index in [4.69, 9.17) is 3.07 Å². The molecular weight excluding hydrogens is 323 g/mol. The highest BCUT2D eigenvalue weighted by molar-refractivity contribution is 14.1. The predicted molar refractivity (Wildman–Crippen MR) is 78.9 cm³/mol. The van der Waals surface area contributed by atoms with Gasteiger partial charge in [0.05, 0.1) is 0 Å². The molecule has 1 spiro atoms. The van der Waals surface area contributed by atoms with Gasteiger partial charge in [-0.3, -0.25) is 0 Å². The molecular formula is C15H19IO. The smallest absolute Gasteiger partial charge is 0.192 e. The third-order valence-electron chi connectivity index (χ3n) is 4.73. The summed E-state index contributed by atoms with van der Waals surface area (Å²) in [6.07, 6.45) is 9.55. The van der Waals surface area contributed by atoms with Crippen LogP contribution in [0.4, 0.5) is 0 Å². The molecule has 1 aromatic carbocycles. The van der Waals surface area contributed by atoms with E-state index in [-0.39, 0.29) is 0 Å². The minimum absolute atomic E-state index is 0.503. The number of hydrogen-bond donors (Lipinski definition) is 0. The number of hydrogen-bond acceptors (Lipinski definition) is 1. The number of benzene rings is 1. The van der Waals surface area contributed by atoms with Gasteiger partial charge in [-0.1, -0.05) is 18.9 Å². The lowest BCUT2D eigenvalue weighted by Gasteiger charge is -2.37. The van der Waals surface area contributed by atoms with E-state index in [1.165, 1.54) is 56.1 Å². The average molecular weight is 342 g/mol. The number of rotatable bonds is 1. The standard InChI is InChI=1S/C15H19IO/c1-11-6-7-13(17-16)12-5-4-10-15(14(11)12)8-2-3-9-15/h6-7H,2-5,8-10H2,1H3. The van der Waals surface area contributed by atoms with Crippen molar-refractivity contribution >= 4 is 23.0 Å². The minimum Gasteiger partial charge on any atom is -0.427 e. The molecule has 1 fully saturated rings. The van der Waals surface area contributed by atoms with Gasteiger partial charge >= 0.3 is 0 Å². The molecule has 0 aliphatic heterocycles. The van der Waals surface area contributed by atoms with Crippen molar-refractivity contribution in [2.24, 2.45) is 0 Å². The molecule has 0 unspecified atom stereocenters. The molecule has 0 bridgehead atoms. The molecule has 92 valence electrons. The summed E-state index contributed by atoms with van der Waals surface area (Å²) in [5, 5.41) is 0. The Bertz CT molecular complexity index is 433. The molecule has 0 radical (unpaired) electrons. The second-order valence-corrected chi connectivity index (χ2v) is 6.09. The van der Waals surface area contributed by atoms with Gasteiger partial charge in [-0.15, -0.1) is 0 Å². The van der Waals surface area contributed by atoms with Crippen LogP contribution in [-0.2, 0) is 11.8 Å². The molecule has 0 amide bonds. The van der Waals surface area contributed by atoms with Gasteiger partial charge in [0.2, 0.25) is 0 Å². The number of aryl methyl sites for hydroxylation is 1. The zero-order chi connectivity index (χ0) is 11.9. The van der Waals surface area contributed by atoms with Gasteiger partial charge in [0.25, 0.3) is 0 Å². The van der Waals surface area contributed by atoms with Crippen molar-refractivity contribution in [3.05, 3.63) is 28.8 Å². The van der Waals surface area contributed by atoms with Crippen molar-refractivity contribution in [2.75, 3.05) is 0 Å². The van der Waals surface area contributed by atoms with Crippen LogP contribution in [0.3, 0.4) is 0 Å². The molecule has 2 aliphatic rings. The fourth-order valence-corrected chi connectivity index (χ4v) is 4.50. The summed E-state index contributed by atoms with van der Waals surface area (Å²) < 4.78 is 5.54. The molecule has 0 atom stereocenters. The molecule has 0 aromatic heterocycles. The lowest BCUT2D eigenvalue weighted by molar-refractivity contribution is 0.365. The van der Waals surface area contributed by atoms with Crippen molar-refractivity contribution in [1.82, 2.24) is 0 Å². The van der Waals surface area contributed by atoms with Gasteiger partial charge in [0.1, 0.15) is 5.75 Å². The zero-order valence-electron chi connectivity index (χ0n) is 10.4. The van der Waals surface area contributed by atoms with Crippen LogP contribution in [0.25, 0.3) is 0 Å². The first kappa shape index (κ1) is 11.8. The summed E-state index contributed by atoms with van der Waals surface area (Å²) >= 11 is 2.02. The van der Waals surface area contributed by atoms with Crippen molar-refractivity contribution in [2.45, 2.75) is 57.3 Å². The van der Waals surface area contributed by atoms with E-state index in [2.05, 4.69) is 19.1 Å². The van der Waals surface area contributed by atoms with Crippen LogP contribution in [-0.4, -0.2) is 0 Å². The molecule has 0 saturated heterocycles. The first-order valence-corrected chi connectivity index (χ1v) is 7.56. The Morgan fingerprint density at radius 1 is 1.12 bits per heavy atom. The van der Waals surface area contributed by atoms with E-state index < -0.39 is 0 Å². The molecule has 2 aliphatic carbocycles. The van der Waals surface area contributed by atoms with Crippen LogP contribution in [0, 0.1) is 6.92 Å². The third-order valence-corrected chi connectivity index (χ3v) is 5.21. The summed E-state index contributed by atoms with van der Waals surface area (Å²) in [6.45, 7) is 2.28. The minimum atomic E-state index is 0.503. The van der Waals surface area contributed by atoms with E-state index in [1.54, 1.807) is 5.56 Å². The van der Waals surface area contributed by atoms with Gasteiger partial charge in [-0.05, 0) is 67.2 Å². The van der Waals surface area contributed by atoms with Crippen LogP contribution in [0.1, 0.15) is 55.2 Å². The molecule has 3 rings (SSSR count). The van der Waals surface area contributed by atoms with E-state index >= 15 is 0 Å². The Hall–Kier alpha value is -0.250. The first-order chi connectivity index (χ1) is 8.27. The second kappa shape index (κ2) is 4.45. The fraction of sp³-hybridized carbons (Fsp3) is 0.600. The largest absolute Gasteiger partial charge is 0.427 e. The second-order valence-electron chi connectivity index (χ2n) is 5.65. The molecule has 1 aromatic rings. The van der Waals surface area contributed by atoms with Crippen LogP contribution in [0.5, 0.6) is 5.75 Å².